The Labute approximate surface area is 82.2 Å². The molecule has 2 rings (SSSR count). The maximum absolute atomic E-state index is 9.10. The van der Waals surface area contributed by atoms with Gasteiger partial charge in [-0.2, -0.15) is 5.26 Å². The Kier molecular flexibility index (Phi) is 2.33. The number of nitrogens with zero attached hydrogens (tertiary/aromatic N) is 2. The zero-order valence-electron chi connectivity index (χ0n) is 7.64. The maximum Gasteiger partial charge on any atom is 0.101 e. The van der Waals surface area contributed by atoms with Crippen LogP contribution in [0.2, 0.25) is 0 Å². The minimum Gasteiger partial charge on any atom is -0.393 e. The number of rotatable bonds is 2. The highest BCUT2D eigenvalue weighted by atomic mass is 16.3. The molecule has 0 spiro atoms. The van der Waals surface area contributed by atoms with Crippen molar-refractivity contribution < 1.29 is 5.11 Å². The van der Waals surface area contributed by atoms with Crippen molar-refractivity contribution in [3.8, 4) is 6.07 Å². The average molecular weight is 189 g/mol. The summed E-state index contributed by atoms with van der Waals surface area (Å²) >= 11 is 0. The molecule has 1 heterocycles. The van der Waals surface area contributed by atoms with Gasteiger partial charge in [0.2, 0.25) is 0 Å². The van der Waals surface area contributed by atoms with Crippen LogP contribution >= 0.6 is 0 Å². The quantitative estimate of drug-likeness (QED) is 0.724. The number of anilines is 1. The molecule has 0 atom stereocenters. The largest absolute Gasteiger partial charge is 0.393 e. The summed E-state index contributed by atoms with van der Waals surface area (Å²) < 4.78 is 0. The third-order valence-electron chi connectivity index (χ3n) is 2.41. The number of aliphatic hydroxyl groups is 1. The zero-order chi connectivity index (χ0) is 9.97. The third-order valence-corrected chi connectivity index (χ3v) is 2.41. The fraction of sp³-hybridized carbons (Fsp3) is 0.400. The molecule has 0 unspecified atom stereocenters. The van der Waals surface area contributed by atoms with Crippen molar-refractivity contribution in [1.29, 1.82) is 5.26 Å². The van der Waals surface area contributed by atoms with Gasteiger partial charge < -0.3 is 10.4 Å². The third kappa shape index (κ3) is 1.68. The van der Waals surface area contributed by atoms with E-state index in [1.807, 2.05) is 0 Å². The number of nitriles is 1. The van der Waals surface area contributed by atoms with Gasteiger partial charge >= 0.3 is 0 Å². The van der Waals surface area contributed by atoms with Gasteiger partial charge in [-0.15, -0.1) is 0 Å². The summed E-state index contributed by atoms with van der Waals surface area (Å²) in [6.45, 7) is 0. The number of nitrogens with one attached hydrogen (secondary N) is 1. The number of hydrogen-bond donors (Lipinski definition) is 2. The molecule has 1 saturated carbocycles. The van der Waals surface area contributed by atoms with E-state index in [4.69, 9.17) is 10.4 Å². The van der Waals surface area contributed by atoms with Gasteiger partial charge in [0, 0.05) is 12.2 Å². The summed E-state index contributed by atoms with van der Waals surface area (Å²) in [5.41, 5.74) is 1.35. The van der Waals surface area contributed by atoms with Gasteiger partial charge in [-0.05, 0) is 18.9 Å². The second-order valence-electron chi connectivity index (χ2n) is 3.50. The van der Waals surface area contributed by atoms with Crippen molar-refractivity contribution in [2.45, 2.75) is 25.0 Å². The van der Waals surface area contributed by atoms with E-state index in [2.05, 4.69) is 16.4 Å². The van der Waals surface area contributed by atoms with Crippen molar-refractivity contribution >= 4 is 5.69 Å². The monoisotopic (exact) mass is 189 g/mol. The van der Waals surface area contributed by atoms with E-state index in [1.165, 1.54) is 0 Å². The molecule has 1 aromatic rings. The number of aromatic nitrogens is 1. The minimum absolute atomic E-state index is 0.185. The van der Waals surface area contributed by atoms with Crippen LogP contribution in [-0.2, 0) is 0 Å². The molecule has 4 heteroatoms. The lowest BCUT2D eigenvalue weighted by atomic mass is 9.89. The summed E-state index contributed by atoms with van der Waals surface area (Å²) in [4.78, 5) is 3.95. The lowest BCUT2D eigenvalue weighted by molar-refractivity contribution is 0.0836. The molecular formula is C10H11N3O. The van der Waals surface area contributed by atoms with E-state index < -0.39 is 0 Å². The molecule has 2 N–H and O–H groups in total. The number of pyridine rings is 1. The van der Waals surface area contributed by atoms with Crippen molar-refractivity contribution in [3.05, 3.63) is 24.0 Å². The minimum atomic E-state index is -0.185. The van der Waals surface area contributed by atoms with Gasteiger partial charge in [0.1, 0.15) is 6.07 Å². The van der Waals surface area contributed by atoms with E-state index >= 15 is 0 Å². The van der Waals surface area contributed by atoms with E-state index in [9.17, 15) is 0 Å². The fourth-order valence-electron chi connectivity index (χ4n) is 1.53. The van der Waals surface area contributed by atoms with Crippen LogP contribution < -0.4 is 5.32 Å². The highest BCUT2D eigenvalue weighted by molar-refractivity contribution is 5.56. The Bertz CT molecular complexity index is 366. The average Bonchev–Trinajstić information content (AvgIpc) is 2.16. The van der Waals surface area contributed by atoms with Crippen molar-refractivity contribution in [3.63, 3.8) is 0 Å². The molecule has 0 radical (unpaired) electrons. The van der Waals surface area contributed by atoms with Crippen LogP contribution in [0.3, 0.4) is 0 Å². The lowest BCUT2D eigenvalue weighted by Crippen LogP contribution is -2.39. The highest BCUT2D eigenvalue weighted by Crippen LogP contribution is 2.24. The first kappa shape index (κ1) is 8.97. The number of hydrogen-bond acceptors (Lipinski definition) is 4. The number of aliphatic hydroxyl groups excluding tert-OH is 1. The normalized spacial score (nSPS) is 24.9. The van der Waals surface area contributed by atoms with E-state index in [1.54, 1.807) is 18.5 Å². The first-order valence-corrected chi connectivity index (χ1v) is 4.58. The predicted molar refractivity (Wildman–Crippen MR) is 51.6 cm³/mol. The van der Waals surface area contributed by atoms with Gasteiger partial charge in [-0.1, -0.05) is 0 Å². The molecule has 72 valence electrons. The second kappa shape index (κ2) is 3.64. The Morgan fingerprint density at radius 3 is 3.00 bits per heavy atom. The first-order valence-electron chi connectivity index (χ1n) is 4.58. The van der Waals surface area contributed by atoms with Gasteiger partial charge in [-0.3, -0.25) is 4.98 Å². The van der Waals surface area contributed by atoms with Gasteiger partial charge in [0.25, 0.3) is 0 Å². The van der Waals surface area contributed by atoms with Crippen LogP contribution in [0.4, 0.5) is 5.69 Å². The van der Waals surface area contributed by atoms with Crippen LogP contribution in [0.15, 0.2) is 18.5 Å². The second-order valence-corrected chi connectivity index (χ2v) is 3.50. The van der Waals surface area contributed by atoms with E-state index in [0.717, 1.165) is 18.5 Å². The molecule has 0 aromatic carbocycles. The molecule has 0 bridgehead atoms. The topological polar surface area (TPSA) is 68.9 Å². The smallest absolute Gasteiger partial charge is 0.101 e. The standard InChI is InChI=1S/C10H11N3O/c11-5-7-1-2-12-6-10(7)13-8-3-9(14)4-8/h1-2,6,8-9,13-14H,3-4H2. The van der Waals surface area contributed by atoms with Gasteiger partial charge in [0.05, 0.1) is 23.6 Å². The molecule has 4 nitrogen and oxygen atoms in total. The lowest BCUT2D eigenvalue weighted by Gasteiger charge is -2.32. The molecule has 1 aliphatic carbocycles. The Hall–Kier alpha value is -1.60. The molecular weight excluding hydrogens is 178 g/mol. The van der Waals surface area contributed by atoms with Crippen molar-refractivity contribution in [2.75, 3.05) is 5.32 Å². The van der Waals surface area contributed by atoms with Crippen LogP contribution in [0.1, 0.15) is 18.4 Å². The molecule has 14 heavy (non-hydrogen) atoms. The molecule has 0 amide bonds. The van der Waals surface area contributed by atoms with Crippen molar-refractivity contribution in [1.82, 2.24) is 4.98 Å². The van der Waals surface area contributed by atoms with Crippen LogP contribution in [0.5, 0.6) is 0 Å². The Morgan fingerprint density at radius 1 is 1.57 bits per heavy atom. The molecule has 1 fully saturated rings. The summed E-state index contributed by atoms with van der Waals surface area (Å²) in [5, 5.41) is 21.1. The van der Waals surface area contributed by atoms with E-state index in [-0.39, 0.29) is 12.1 Å². The Balaban J connectivity index is 2.06. The zero-order valence-corrected chi connectivity index (χ0v) is 7.64. The fourth-order valence-corrected chi connectivity index (χ4v) is 1.53. The highest BCUT2D eigenvalue weighted by Gasteiger charge is 2.27. The summed E-state index contributed by atoms with van der Waals surface area (Å²) in [7, 11) is 0. The van der Waals surface area contributed by atoms with E-state index in [0.29, 0.717) is 5.56 Å². The van der Waals surface area contributed by atoms with Crippen LogP contribution in [0, 0.1) is 11.3 Å². The predicted octanol–water partition coefficient (Wildman–Crippen LogP) is 0.888. The van der Waals surface area contributed by atoms with Crippen molar-refractivity contribution in [2.24, 2.45) is 0 Å². The first-order chi connectivity index (χ1) is 6.79. The van der Waals surface area contributed by atoms with Crippen LogP contribution in [0.25, 0.3) is 0 Å². The summed E-state index contributed by atoms with van der Waals surface area (Å²) in [6.07, 6.45) is 4.55. The van der Waals surface area contributed by atoms with Gasteiger partial charge in [-0.25, -0.2) is 0 Å². The molecule has 1 aromatic heterocycles. The van der Waals surface area contributed by atoms with Gasteiger partial charge in [0.15, 0.2) is 0 Å². The molecule has 1 aliphatic rings. The maximum atomic E-state index is 9.10. The SMILES string of the molecule is N#Cc1ccncc1NC1CC(O)C1. The molecule has 0 saturated heterocycles. The van der Waals surface area contributed by atoms with Crippen LogP contribution in [-0.4, -0.2) is 22.2 Å². The molecule has 0 aliphatic heterocycles. The Morgan fingerprint density at radius 2 is 2.36 bits per heavy atom. The summed E-state index contributed by atoms with van der Waals surface area (Å²) in [5.74, 6) is 0. The summed E-state index contributed by atoms with van der Waals surface area (Å²) in [6, 6.07) is 4.05.